The Balaban J connectivity index is 1.83. The Hall–Kier alpha value is -1.85. The molecule has 3 rings (SSSR count). The van der Waals surface area contributed by atoms with Crippen molar-refractivity contribution in [2.45, 2.75) is 45.4 Å². The number of aromatic nitrogens is 1. The Kier molecular flexibility index (Phi) is 3.94. The van der Waals surface area contributed by atoms with Crippen LogP contribution in [0.15, 0.2) is 30.3 Å². The fraction of sp³-hybridized carbons (Fsp3) is 0.438. The highest BCUT2D eigenvalue weighted by Gasteiger charge is 2.28. The molecular weight excluding hydrogens is 264 g/mol. The zero-order valence-corrected chi connectivity index (χ0v) is 12.5. The minimum Gasteiger partial charge on any atom is -0.343 e. The van der Waals surface area contributed by atoms with Crippen LogP contribution in [0.5, 0.6) is 0 Å². The first kappa shape index (κ1) is 14.1. The number of benzene rings is 1. The number of hydrogen-bond donors (Lipinski definition) is 3. The Morgan fingerprint density at radius 2 is 2.14 bits per heavy atom. The van der Waals surface area contributed by atoms with Crippen LogP contribution in [0.4, 0.5) is 0 Å². The van der Waals surface area contributed by atoms with Gasteiger partial charge in [-0.3, -0.25) is 4.79 Å². The van der Waals surface area contributed by atoms with Crippen molar-refractivity contribution in [3.63, 3.8) is 0 Å². The number of nitrogens with zero attached hydrogens (tertiary/aromatic N) is 1. The van der Waals surface area contributed by atoms with Gasteiger partial charge in [0.25, 0.3) is 0 Å². The van der Waals surface area contributed by atoms with Gasteiger partial charge in [0, 0.05) is 30.6 Å². The van der Waals surface area contributed by atoms with Crippen LogP contribution in [0.25, 0.3) is 10.9 Å². The number of hydrogen-bond acceptors (Lipinski definition) is 3. The number of rotatable bonds is 4. The van der Waals surface area contributed by atoms with Crippen LogP contribution >= 0.6 is 0 Å². The summed E-state index contributed by atoms with van der Waals surface area (Å²) in [4.78, 5) is 11.5. The maximum absolute atomic E-state index is 11.5. The van der Waals surface area contributed by atoms with Gasteiger partial charge in [-0.15, -0.1) is 0 Å². The Morgan fingerprint density at radius 3 is 2.90 bits per heavy atom. The second-order valence-electron chi connectivity index (χ2n) is 5.42. The highest BCUT2D eigenvalue weighted by atomic mass is 16.1. The van der Waals surface area contributed by atoms with Crippen LogP contribution in [-0.4, -0.2) is 16.6 Å². The lowest BCUT2D eigenvalue weighted by atomic mass is 10.1. The molecule has 1 fully saturated rings. The predicted octanol–water partition coefficient (Wildman–Crippen LogP) is 2.05. The number of fused-ring (bicyclic) bond motifs is 1. The molecular formula is C16H22N4O. The molecule has 21 heavy (non-hydrogen) atoms. The topological polar surface area (TPSA) is 58.1 Å². The van der Waals surface area contributed by atoms with Gasteiger partial charge in [0.1, 0.15) is 0 Å². The molecule has 0 spiro atoms. The molecule has 1 amide bonds. The van der Waals surface area contributed by atoms with E-state index in [4.69, 9.17) is 0 Å². The van der Waals surface area contributed by atoms with Crippen molar-refractivity contribution in [3.05, 3.63) is 36.0 Å². The first-order valence-corrected chi connectivity index (χ1v) is 7.61. The molecule has 5 heteroatoms. The molecule has 2 unspecified atom stereocenters. The number of nitrogens with one attached hydrogen (secondary N) is 3. The van der Waals surface area contributed by atoms with Crippen molar-refractivity contribution < 1.29 is 4.79 Å². The van der Waals surface area contributed by atoms with Gasteiger partial charge in [0.15, 0.2) is 0 Å². The average Bonchev–Trinajstić information content (AvgIpc) is 3.10. The fourth-order valence-corrected chi connectivity index (χ4v) is 3.01. The van der Waals surface area contributed by atoms with Crippen molar-refractivity contribution >= 4 is 16.8 Å². The summed E-state index contributed by atoms with van der Waals surface area (Å²) in [5.74, 6) is 0.0750. The fourth-order valence-electron chi connectivity index (χ4n) is 3.01. The molecule has 1 aromatic carbocycles. The van der Waals surface area contributed by atoms with Gasteiger partial charge < -0.3 is 9.88 Å². The lowest BCUT2D eigenvalue weighted by Gasteiger charge is -2.14. The smallest absolute Gasteiger partial charge is 0.220 e. The van der Waals surface area contributed by atoms with Gasteiger partial charge in [-0.2, -0.15) is 0 Å². The minimum atomic E-state index is -0.00855. The number of carbonyl (C=O) groups excluding carboxylic acids is 1. The summed E-state index contributed by atoms with van der Waals surface area (Å²) < 4.78 is 2.33. The normalized spacial score (nSPS) is 21.8. The molecule has 3 N–H and O–H groups in total. The summed E-state index contributed by atoms with van der Waals surface area (Å²) in [7, 11) is 0. The summed E-state index contributed by atoms with van der Waals surface area (Å²) >= 11 is 0. The van der Waals surface area contributed by atoms with Crippen LogP contribution < -0.4 is 16.2 Å². The number of hydrazine groups is 1. The van der Waals surface area contributed by atoms with E-state index in [1.165, 1.54) is 16.6 Å². The van der Waals surface area contributed by atoms with Crippen LogP contribution in [0.2, 0.25) is 0 Å². The Morgan fingerprint density at radius 1 is 1.33 bits per heavy atom. The predicted molar refractivity (Wildman–Crippen MR) is 83.5 cm³/mol. The zero-order valence-electron chi connectivity index (χ0n) is 12.5. The van der Waals surface area contributed by atoms with Crippen LogP contribution in [-0.2, 0) is 11.3 Å². The zero-order chi connectivity index (χ0) is 14.8. The second-order valence-corrected chi connectivity index (χ2v) is 5.42. The van der Waals surface area contributed by atoms with Crippen LogP contribution in [0, 0.1) is 0 Å². The first-order chi connectivity index (χ1) is 10.2. The van der Waals surface area contributed by atoms with E-state index in [0.717, 1.165) is 13.0 Å². The van der Waals surface area contributed by atoms with E-state index in [2.05, 4.69) is 58.0 Å². The monoisotopic (exact) mass is 286 g/mol. The molecule has 0 saturated carbocycles. The number of para-hydroxylation sites is 1. The van der Waals surface area contributed by atoms with Crippen molar-refractivity contribution in [1.29, 1.82) is 0 Å². The van der Waals surface area contributed by atoms with Gasteiger partial charge in [-0.25, -0.2) is 10.9 Å². The molecule has 2 heterocycles. The van der Waals surface area contributed by atoms with E-state index in [1.54, 1.807) is 0 Å². The van der Waals surface area contributed by atoms with E-state index in [9.17, 15) is 4.79 Å². The Bertz CT molecular complexity index is 649. The van der Waals surface area contributed by atoms with Gasteiger partial charge in [-0.1, -0.05) is 25.1 Å². The average molecular weight is 286 g/mol. The van der Waals surface area contributed by atoms with Gasteiger partial charge >= 0.3 is 0 Å². The van der Waals surface area contributed by atoms with Crippen LogP contribution in [0.3, 0.4) is 0 Å². The Labute approximate surface area is 124 Å². The number of amides is 1. The van der Waals surface area contributed by atoms with E-state index >= 15 is 0 Å². The van der Waals surface area contributed by atoms with E-state index in [0.29, 0.717) is 6.42 Å². The third-order valence-electron chi connectivity index (χ3n) is 4.08. The highest BCUT2D eigenvalue weighted by molar-refractivity contribution is 5.81. The molecule has 2 aromatic rings. The molecule has 1 saturated heterocycles. The largest absolute Gasteiger partial charge is 0.343 e. The molecule has 5 nitrogen and oxygen atoms in total. The molecule has 1 aliphatic rings. The molecule has 1 aliphatic heterocycles. The van der Waals surface area contributed by atoms with Crippen molar-refractivity contribution in [3.8, 4) is 0 Å². The van der Waals surface area contributed by atoms with E-state index < -0.39 is 0 Å². The molecule has 112 valence electrons. The van der Waals surface area contributed by atoms with Gasteiger partial charge in [-0.05, 0) is 24.4 Å². The van der Waals surface area contributed by atoms with E-state index in [-0.39, 0.29) is 18.1 Å². The molecule has 0 bridgehead atoms. The highest BCUT2D eigenvalue weighted by Crippen LogP contribution is 2.28. The van der Waals surface area contributed by atoms with Crippen molar-refractivity contribution in [1.82, 2.24) is 20.7 Å². The van der Waals surface area contributed by atoms with Crippen molar-refractivity contribution in [2.75, 3.05) is 0 Å². The lowest BCUT2D eigenvalue weighted by Crippen LogP contribution is -2.43. The molecule has 0 radical (unpaired) electrons. The number of aryl methyl sites for hydroxylation is 1. The standard InChI is InChI=1S/C16H22N4O/c1-3-16(21)17-15-10-12(18-19-15)14-9-11-7-5-6-8-13(11)20(14)4-2/h5-9,12,15,18-19H,3-4,10H2,1-2H3,(H,17,21). The third kappa shape index (κ3) is 2.66. The van der Waals surface area contributed by atoms with Crippen molar-refractivity contribution in [2.24, 2.45) is 0 Å². The second kappa shape index (κ2) is 5.87. The summed E-state index contributed by atoms with van der Waals surface area (Å²) in [6, 6.07) is 10.9. The van der Waals surface area contributed by atoms with Crippen LogP contribution in [0.1, 0.15) is 38.4 Å². The summed E-state index contributed by atoms with van der Waals surface area (Å²) in [6.07, 6.45) is 1.35. The molecule has 2 atom stereocenters. The SMILES string of the molecule is CCC(=O)NC1CC(c2cc3ccccc3n2CC)NN1. The lowest BCUT2D eigenvalue weighted by molar-refractivity contribution is -0.121. The summed E-state index contributed by atoms with van der Waals surface area (Å²) in [5.41, 5.74) is 9.00. The molecule has 1 aromatic heterocycles. The number of carbonyl (C=O) groups is 1. The maximum atomic E-state index is 11.5. The maximum Gasteiger partial charge on any atom is 0.220 e. The first-order valence-electron chi connectivity index (χ1n) is 7.61. The molecule has 0 aliphatic carbocycles. The van der Waals surface area contributed by atoms with E-state index in [1.807, 2.05) is 6.92 Å². The van der Waals surface area contributed by atoms with Gasteiger partial charge in [0.05, 0.1) is 12.2 Å². The summed E-state index contributed by atoms with van der Waals surface area (Å²) in [6.45, 7) is 4.96. The summed E-state index contributed by atoms with van der Waals surface area (Å²) in [5, 5.41) is 4.24. The quantitative estimate of drug-likeness (QED) is 0.806. The third-order valence-corrected chi connectivity index (χ3v) is 4.08. The van der Waals surface area contributed by atoms with Gasteiger partial charge in [0.2, 0.25) is 5.91 Å². The minimum absolute atomic E-state index is 0.00855.